The van der Waals surface area contributed by atoms with E-state index in [-0.39, 0.29) is 8.27 Å². The Morgan fingerprint density at radius 2 is 1.95 bits per heavy atom. The summed E-state index contributed by atoms with van der Waals surface area (Å²) >= 11 is 0. The molecule has 7 heteroatoms. The summed E-state index contributed by atoms with van der Waals surface area (Å²) in [5.74, 6) is 3.94. The highest BCUT2D eigenvalue weighted by Gasteiger charge is 2.32. The van der Waals surface area contributed by atoms with Gasteiger partial charge in [-0.1, -0.05) is 32.4 Å². The maximum Gasteiger partial charge on any atom is 0.144 e. The number of aromatic nitrogens is 4. The number of hydrogen-bond donors (Lipinski definition) is 2. The molecular weight excluding hydrogens is 484 g/mol. The molecule has 0 saturated heterocycles. The van der Waals surface area contributed by atoms with Crippen LogP contribution < -0.4 is 15.0 Å². The second kappa shape index (κ2) is 9.63. The fraction of sp³-hybridized carbons (Fsp3) is 0.469. The summed E-state index contributed by atoms with van der Waals surface area (Å²) in [7, 11) is 0. The maximum absolute atomic E-state index is 6.27. The van der Waals surface area contributed by atoms with E-state index in [0.29, 0.717) is 12.6 Å². The van der Waals surface area contributed by atoms with E-state index in [0.717, 1.165) is 66.7 Å². The minimum atomic E-state index is 0. The van der Waals surface area contributed by atoms with Gasteiger partial charge >= 0.3 is 0 Å². The number of H-pyrrole nitrogens is 1. The Hall–Kier alpha value is -3.45. The van der Waals surface area contributed by atoms with Crippen LogP contribution in [0.5, 0.6) is 5.75 Å². The average Bonchev–Trinajstić information content (AvgIpc) is 3.13. The molecule has 2 N–H and O–H groups in total. The van der Waals surface area contributed by atoms with Crippen LogP contribution >= 0.6 is 0 Å². The second-order valence-electron chi connectivity index (χ2n) is 12.4. The highest BCUT2D eigenvalue weighted by atomic mass is 16.5. The molecule has 3 heterocycles. The van der Waals surface area contributed by atoms with Crippen molar-refractivity contribution in [1.82, 2.24) is 25.3 Å². The molecule has 2 aromatic carbocycles. The largest absolute Gasteiger partial charge is 0.491 e. The second-order valence-corrected chi connectivity index (χ2v) is 12.4. The highest BCUT2D eigenvalue weighted by Crippen LogP contribution is 2.39. The van der Waals surface area contributed by atoms with Crippen molar-refractivity contribution in [2.75, 3.05) is 18.1 Å². The van der Waals surface area contributed by atoms with E-state index in [2.05, 4.69) is 70.4 Å². The molecular formula is C32H42N6O. The number of anilines is 1. The zero-order valence-electron chi connectivity index (χ0n) is 23.3. The van der Waals surface area contributed by atoms with Gasteiger partial charge in [-0.25, -0.2) is 15.0 Å². The number of rotatable bonds is 5. The number of imidazole rings is 1. The fourth-order valence-electron chi connectivity index (χ4n) is 6.24. The van der Waals surface area contributed by atoms with Gasteiger partial charge in [0, 0.05) is 32.3 Å². The van der Waals surface area contributed by atoms with Crippen molar-refractivity contribution in [1.29, 1.82) is 0 Å². The van der Waals surface area contributed by atoms with Crippen LogP contribution in [0.4, 0.5) is 5.82 Å². The van der Waals surface area contributed by atoms with Gasteiger partial charge < -0.3 is 19.9 Å². The van der Waals surface area contributed by atoms with Crippen LogP contribution in [-0.2, 0) is 25.9 Å². The van der Waals surface area contributed by atoms with E-state index in [1.807, 2.05) is 6.92 Å². The van der Waals surface area contributed by atoms with Crippen molar-refractivity contribution in [3.05, 3.63) is 64.9 Å². The molecule has 1 fully saturated rings. The Bertz CT molecular complexity index is 1550. The Balaban J connectivity index is 0.00000169. The van der Waals surface area contributed by atoms with Gasteiger partial charge in [0.1, 0.15) is 29.8 Å². The lowest BCUT2D eigenvalue weighted by molar-refractivity contribution is 0.309. The first-order valence-corrected chi connectivity index (χ1v) is 14.5. The number of nitrogens with one attached hydrogen (secondary N) is 2. The highest BCUT2D eigenvalue weighted by molar-refractivity contribution is 5.82. The lowest BCUT2D eigenvalue weighted by atomic mass is 9.76. The molecule has 7 rings (SSSR count). The summed E-state index contributed by atoms with van der Waals surface area (Å²) < 4.78 is 6.27. The number of hydrogen-bond acceptors (Lipinski definition) is 6. The molecule has 0 atom stereocenters. The maximum atomic E-state index is 6.27. The van der Waals surface area contributed by atoms with Crippen molar-refractivity contribution >= 4 is 16.9 Å². The average molecular weight is 527 g/mol. The van der Waals surface area contributed by atoms with Gasteiger partial charge in [0.05, 0.1) is 24.1 Å². The number of nitrogens with zero attached hydrogens (tertiary/aromatic N) is 4. The zero-order valence-corrected chi connectivity index (χ0v) is 23.3. The minimum absolute atomic E-state index is 0. The number of benzene rings is 2. The van der Waals surface area contributed by atoms with Crippen LogP contribution in [0.15, 0.2) is 36.4 Å². The van der Waals surface area contributed by atoms with E-state index >= 15 is 0 Å². The number of ether oxygens (including phenoxy) is 1. The molecule has 1 saturated carbocycles. The summed E-state index contributed by atoms with van der Waals surface area (Å²) in [5.41, 5.74) is 8.46. The molecule has 2 aliphatic carbocycles. The van der Waals surface area contributed by atoms with Gasteiger partial charge in [-0.2, -0.15) is 0 Å². The van der Waals surface area contributed by atoms with Crippen molar-refractivity contribution in [3.63, 3.8) is 0 Å². The summed E-state index contributed by atoms with van der Waals surface area (Å²) in [6.45, 7) is 9.71. The van der Waals surface area contributed by atoms with Crippen molar-refractivity contribution in [3.8, 4) is 16.9 Å². The first-order valence-electron chi connectivity index (χ1n) is 14.5. The molecule has 1 aliphatic heterocycles. The first kappa shape index (κ1) is 24.6. The first-order chi connectivity index (χ1) is 18.9. The van der Waals surface area contributed by atoms with Crippen LogP contribution in [0.25, 0.3) is 22.2 Å². The monoisotopic (exact) mass is 526 g/mol. The van der Waals surface area contributed by atoms with E-state index in [9.17, 15) is 0 Å². The van der Waals surface area contributed by atoms with Crippen molar-refractivity contribution < 1.29 is 7.59 Å². The summed E-state index contributed by atoms with van der Waals surface area (Å²) in [4.78, 5) is 20.7. The third-order valence-electron chi connectivity index (χ3n) is 8.74. The topological polar surface area (TPSA) is 79.0 Å². The number of fused-ring (bicyclic) bond motifs is 3. The smallest absolute Gasteiger partial charge is 0.144 e. The lowest BCUT2D eigenvalue weighted by Gasteiger charge is -2.34. The third-order valence-corrected chi connectivity index (χ3v) is 8.74. The van der Waals surface area contributed by atoms with Crippen LogP contribution in [-0.4, -0.2) is 39.1 Å². The Kier molecular flexibility index (Phi) is 6.07. The predicted octanol–water partition coefficient (Wildman–Crippen LogP) is 6.38. The molecule has 0 bridgehead atoms. The van der Waals surface area contributed by atoms with Crippen molar-refractivity contribution in [2.24, 2.45) is 5.41 Å². The van der Waals surface area contributed by atoms with Crippen molar-refractivity contribution in [2.45, 2.75) is 78.4 Å². The van der Waals surface area contributed by atoms with Gasteiger partial charge in [0.2, 0.25) is 0 Å². The van der Waals surface area contributed by atoms with E-state index in [1.54, 1.807) is 0 Å². The molecule has 0 spiro atoms. The van der Waals surface area contributed by atoms with Crippen LogP contribution in [0.2, 0.25) is 0 Å². The molecule has 0 amide bonds. The number of aryl methyl sites for hydroxylation is 2. The number of aromatic amines is 1. The van der Waals surface area contributed by atoms with Crippen LogP contribution in [0.3, 0.4) is 0 Å². The lowest BCUT2D eigenvalue weighted by Crippen LogP contribution is -2.36. The fourth-order valence-corrected chi connectivity index (χ4v) is 6.24. The van der Waals surface area contributed by atoms with Crippen LogP contribution in [0, 0.1) is 12.3 Å². The quantitative estimate of drug-likeness (QED) is 0.314. The molecule has 2 aromatic heterocycles. The molecule has 4 aromatic rings. The Labute approximate surface area is 233 Å². The molecule has 206 valence electrons. The SMILES string of the molecule is Cc1nc2ccc(-c3ccc4c(c3)CN(c3nc(CNC5CCC5)nc5c3CC(C)(C)CC5)CCO4)cc2[nH]1.[HH].[HH]. The van der Waals surface area contributed by atoms with Gasteiger partial charge in [-0.15, -0.1) is 0 Å². The standard InChI is InChI=1S/C32H38N6O.2H2/c1-20-34-27-9-7-22(16-28(27)35-20)21-8-10-29-23(15-21)19-38(13-14-39-29)31-25-17-32(2,3)12-11-26(25)36-30(37-31)18-33-24-5-4-6-24;;/h7-10,15-16,24,33H,4-6,11-14,17-19H2,1-3H3,(H,34,35);2*1H. The normalized spacial score (nSPS) is 18.7. The molecule has 3 aliphatic rings. The summed E-state index contributed by atoms with van der Waals surface area (Å²) in [5, 5.41) is 3.68. The molecule has 0 radical (unpaired) electrons. The van der Waals surface area contributed by atoms with Gasteiger partial charge in [-0.05, 0) is 79.8 Å². The summed E-state index contributed by atoms with van der Waals surface area (Å²) in [6.07, 6.45) is 7.06. The summed E-state index contributed by atoms with van der Waals surface area (Å²) in [6, 6.07) is 13.6. The molecule has 0 unspecified atom stereocenters. The Morgan fingerprint density at radius 3 is 2.79 bits per heavy atom. The third kappa shape index (κ3) is 4.89. The zero-order chi connectivity index (χ0) is 26.6. The molecule has 7 nitrogen and oxygen atoms in total. The van der Waals surface area contributed by atoms with Gasteiger partial charge in [0.25, 0.3) is 0 Å². The van der Waals surface area contributed by atoms with Gasteiger partial charge in [-0.3, -0.25) is 0 Å². The predicted molar refractivity (Wildman–Crippen MR) is 159 cm³/mol. The van der Waals surface area contributed by atoms with Gasteiger partial charge in [0.15, 0.2) is 0 Å². The van der Waals surface area contributed by atoms with E-state index in [4.69, 9.17) is 14.7 Å². The Morgan fingerprint density at radius 1 is 1.10 bits per heavy atom. The minimum Gasteiger partial charge on any atom is -0.491 e. The van der Waals surface area contributed by atoms with E-state index < -0.39 is 0 Å². The van der Waals surface area contributed by atoms with Crippen LogP contribution in [0.1, 0.15) is 70.9 Å². The molecule has 39 heavy (non-hydrogen) atoms. The van der Waals surface area contributed by atoms with E-state index in [1.165, 1.54) is 53.6 Å².